The van der Waals surface area contributed by atoms with Crippen LogP contribution in [0.4, 0.5) is 4.39 Å². The van der Waals surface area contributed by atoms with Gasteiger partial charge in [0, 0.05) is 38.0 Å². The molecule has 1 fully saturated rings. The molecular formula is C20H23FN4O3. The number of hydrogen-bond acceptors (Lipinski definition) is 6. The van der Waals surface area contributed by atoms with Crippen molar-refractivity contribution in [3.8, 4) is 11.6 Å². The normalized spacial score (nSPS) is 20.0. The SMILES string of the molecule is COc1ccc2nc(CO[C@H]3CN(Cc4ccc(OC)nc4)C[C@H]3F)[nH]c2c1. The van der Waals surface area contributed by atoms with Crippen LogP contribution in [-0.4, -0.2) is 59.4 Å². The maximum absolute atomic E-state index is 14.4. The largest absolute Gasteiger partial charge is 0.497 e. The van der Waals surface area contributed by atoms with Crippen molar-refractivity contribution in [2.45, 2.75) is 25.4 Å². The van der Waals surface area contributed by atoms with E-state index in [0.717, 1.165) is 22.3 Å². The van der Waals surface area contributed by atoms with Gasteiger partial charge < -0.3 is 19.2 Å². The zero-order chi connectivity index (χ0) is 19.5. The van der Waals surface area contributed by atoms with Gasteiger partial charge in [0.1, 0.15) is 30.5 Å². The molecule has 148 valence electrons. The van der Waals surface area contributed by atoms with Crippen LogP contribution in [0.3, 0.4) is 0 Å². The predicted octanol–water partition coefficient (Wildman–Crippen LogP) is 2.71. The summed E-state index contributed by atoms with van der Waals surface area (Å²) in [6.07, 6.45) is 0.243. The minimum Gasteiger partial charge on any atom is -0.497 e. The first-order valence-corrected chi connectivity index (χ1v) is 9.14. The standard InChI is InChI=1S/C20H23FN4O3/c1-26-14-4-5-16-17(7-14)24-19(23-16)12-28-18-11-25(10-15(18)21)9-13-3-6-20(27-2)22-8-13/h3-8,15,18H,9-12H2,1-2H3,(H,23,24)/t15-,18+/m1/s1. The summed E-state index contributed by atoms with van der Waals surface area (Å²) in [6, 6.07) is 9.36. The number of imidazole rings is 1. The van der Waals surface area contributed by atoms with Gasteiger partial charge in [-0.05, 0) is 17.7 Å². The van der Waals surface area contributed by atoms with Crippen LogP contribution in [0.5, 0.6) is 11.6 Å². The number of aromatic amines is 1. The Hall–Kier alpha value is -2.71. The van der Waals surface area contributed by atoms with Gasteiger partial charge in [-0.1, -0.05) is 6.07 Å². The lowest BCUT2D eigenvalue weighted by Crippen LogP contribution is -2.24. The van der Waals surface area contributed by atoms with Crippen molar-refractivity contribution in [1.82, 2.24) is 19.9 Å². The van der Waals surface area contributed by atoms with Gasteiger partial charge in [-0.15, -0.1) is 0 Å². The lowest BCUT2D eigenvalue weighted by molar-refractivity contribution is 0.00863. The fourth-order valence-electron chi connectivity index (χ4n) is 3.40. The van der Waals surface area contributed by atoms with Crippen LogP contribution in [0.25, 0.3) is 11.0 Å². The fourth-order valence-corrected chi connectivity index (χ4v) is 3.40. The smallest absolute Gasteiger partial charge is 0.212 e. The summed E-state index contributed by atoms with van der Waals surface area (Å²) in [4.78, 5) is 13.9. The molecule has 1 N–H and O–H groups in total. The van der Waals surface area contributed by atoms with Gasteiger partial charge in [0.25, 0.3) is 0 Å². The van der Waals surface area contributed by atoms with Crippen LogP contribution in [-0.2, 0) is 17.9 Å². The Morgan fingerprint density at radius 2 is 2.07 bits per heavy atom. The molecule has 0 bridgehead atoms. The van der Waals surface area contributed by atoms with Crippen molar-refractivity contribution in [1.29, 1.82) is 0 Å². The zero-order valence-electron chi connectivity index (χ0n) is 15.9. The van der Waals surface area contributed by atoms with Crippen LogP contribution >= 0.6 is 0 Å². The number of hydrogen-bond donors (Lipinski definition) is 1. The second kappa shape index (κ2) is 8.12. The molecule has 7 nitrogen and oxygen atoms in total. The maximum Gasteiger partial charge on any atom is 0.212 e. The first kappa shape index (κ1) is 18.6. The number of H-pyrrole nitrogens is 1. The fraction of sp³-hybridized carbons (Fsp3) is 0.400. The number of pyridine rings is 1. The first-order valence-electron chi connectivity index (χ1n) is 9.14. The molecule has 3 heterocycles. The first-order chi connectivity index (χ1) is 13.6. The Morgan fingerprint density at radius 3 is 2.82 bits per heavy atom. The highest BCUT2D eigenvalue weighted by Gasteiger charge is 2.33. The number of ether oxygens (including phenoxy) is 3. The lowest BCUT2D eigenvalue weighted by atomic mass is 10.2. The van der Waals surface area contributed by atoms with Crippen molar-refractivity contribution in [3.05, 3.63) is 47.9 Å². The van der Waals surface area contributed by atoms with Crippen LogP contribution in [0.15, 0.2) is 36.5 Å². The molecule has 1 aliphatic rings. The molecule has 1 aromatic carbocycles. The molecule has 0 unspecified atom stereocenters. The van der Waals surface area contributed by atoms with E-state index >= 15 is 0 Å². The summed E-state index contributed by atoms with van der Waals surface area (Å²) < 4.78 is 30.5. The Kier molecular flexibility index (Phi) is 5.40. The summed E-state index contributed by atoms with van der Waals surface area (Å²) in [5, 5.41) is 0. The van der Waals surface area contributed by atoms with Gasteiger partial charge in [0.15, 0.2) is 0 Å². The number of fused-ring (bicyclic) bond motifs is 1. The van der Waals surface area contributed by atoms with E-state index in [2.05, 4.69) is 15.0 Å². The number of rotatable bonds is 7. The molecule has 3 aromatic rings. The van der Waals surface area contributed by atoms with Crippen LogP contribution < -0.4 is 9.47 Å². The average molecular weight is 386 g/mol. The maximum atomic E-state index is 14.4. The summed E-state index contributed by atoms with van der Waals surface area (Å²) in [5.74, 6) is 2.00. The molecule has 4 rings (SSSR count). The summed E-state index contributed by atoms with van der Waals surface area (Å²) in [7, 11) is 3.20. The molecule has 0 aliphatic carbocycles. The minimum atomic E-state index is -1.03. The molecule has 2 atom stereocenters. The molecule has 0 saturated carbocycles. The Balaban J connectivity index is 1.33. The highest BCUT2D eigenvalue weighted by Crippen LogP contribution is 2.22. The highest BCUT2D eigenvalue weighted by atomic mass is 19.1. The Morgan fingerprint density at radius 1 is 1.18 bits per heavy atom. The third kappa shape index (κ3) is 4.07. The lowest BCUT2D eigenvalue weighted by Gasteiger charge is -2.15. The number of aromatic nitrogens is 3. The predicted molar refractivity (Wildman–Crippen MR) is 102 cm³/mol. The summed E-state index contributed by atoms with van der Waals surface area (Å²) >= 11 is 0. The monoisotopic (exact) mass is 386 g/mol. The molecule has 8 heteroatoms. The van der Waals surface area contributed by atoms with Crippen LogP contribution in [0, 0.1) is 0 Å². The van der Waals surface area contributed by atoms with E-state index in [-0.39, 0.29) is 6.61 Å². The van der Waals surface area contributed by atoms with Crippen molar-refractivity contribution in [3.63, 3.8) is 0 Å². The van der Waals surface area contributed by atoms with Crippen molar-refractivity contribution >= 4 is 11.0 Å². The number of nitrogens with zero attached hydrogens (tertiary/aromatic N) is 3. The molecule has 0 radical (unpaired) electrons. The minimum absolute atomic E-state index is 0.236. The van der Waals surface area contributed by atoms with E-state index in [1.165, 1.54) is 0 Å². The van der Waals surface area contributed by atoms with E-state index in [1.54, 1.807) is 20.4 Å². The summed E-state index contributed by atoms with van der Waals surface area (Å²) in [6.45, 7) is 1.73. The van der Waals surface area contributed by atoms with Crippen LogP contribution in [0.2, 0.25) is 0 Å². The van der Waals surface area contributed by atoms with E-state index in [0.29, 0.717) is 31.3 Å². The molecule has 1 aliphatic heterocycles. The molecule has 0 spiro atoms. The van der Waals surface area contributed by atoms with Gasteiger partial charge in [-0.3, -0.25) is 4.90 Å². The van der Waals surface area contributed by atoms with Crippen molar-refractivity contribution in [2.24, 2.45) is 0 Å². The topological polar surface area (TPSA) is 72.5 Å². The molecule has 1 saturated heterocycles. The zero-order valence-corrected chi connectivity index (χ0v) is 15.9. The van der Waals surface area contributed by atoms with Gasteiger partial charge >= 0.3 is 0 Å². The molecule has 0 amide bonds. The molecule has 28 heavy (non-hydrogen) atoms. The number of halogens is 1. The highest BCUT2D eigenvalue weighted by molar-refractivity contribution is 5.76. The summed E-state index contributed by atoms with van der Waals surface area (Å²) in [5.41, 5.74) is 2.71. The van der Waals surface area contributed by atoms with Crippen molar-refractivity contribution < 1.29 is 18.6 Å². The number of alkyl halides is 1. The molecular weight excluding hydrogens is 363 g/mol. The van der Waals surface area contributed by atoms with Gasteiger partial charge in [0.2, 0.25) is 5.88 Å². The van der Waals surface area contributed by atoms with Crippen LogP contribution in [0.1, 0.15) is 11.4 Å². The number of benzene rings is 1. The average Bonchev–Trinajstić information content (AvgIpc) is 3.28. The van der Waals surface area contributed by atoms with Gasteiger partial charge in [0.05, 0.1) is 25.3 Å². The van der Waals surface area contributed by atoms with Gasteiger partial charge in [-0.25, -0.2) is 14.4 Å². The van der Waals surface area contributed by atoms with E-state index in [4.69, 9.17) is 14.2 Å². The third-order valence-electron chi connectivity index (χ3n) is 4.86. The number of likely N-dealkylation sites (tertiary alicyclic amines) is 1. The van der Waals surface area contributed by atoms with E-state index in [1.807, 2.05) is 35.2 Å². The Labute approximate surface area is 162 Å². The Bertz CT molecular complexity index is 931. The second-order valence-corrected chi connectivity index (χ2v) is 6.83. The molecule has 2 aromatic heterocycles. The number of methoxy groups -OCH3 is 2. The third-order valence-corrected chi connectivity index (χ3v) is 4.86. The second-order valence-electron chi connectivity index (χ2n) is 6.83. The van der Waals surface area contributed by atoms with E-state index in [9.17, 15) is 4.39 Å². The van der Waals surface area contributed by atoms with E-state index < -0.39 is 12.3 Å². The van der Waals surface area contributed by atoms with Gasteiger partial charge in [-0.2, -0.15) is 0 Å². The number of nitrogens with one attached hydrogen (secondary N) is 1. The quantitative estimate of drug-likeness (QED) is 0.673. The van der Waals surface area contributed by atoms with Crippen molar-refractivity contribution in [2.75, 3.05) is 27.3 Å².